The first-order valence-electron chi connectivity index (χ1n) is 6.20. The zero-order valence-electron chi connectivity index (χ0n) is 11.9. The number of benzene rings is 1. The van der Waals surface area contributed by atoms with E-state index in [9.17, 15) is 13.2 Å². The van der Waals surface area contributed by atoms with E-state index in [1.165, 1.54) is 19.2 Å². The second kappa shape index (κ2) is 7.37. The van der Waals surface area contributed by atoms with Crippen LogP contribution >= 0.6 is 0 Å². The first-order chi connectivity index (χ1) is 9.38. The second-order valence-corrected chi connectivity index (χ2v) is 6.28. The second-order valence-electron chi connectivity index (χ2n) is 4.54. The van der Waals surface area contributed by atoms with E-state index in [0.29, 0.717) is 13.0 Å². The molecule has 0 atom stereocenters. The van der Waals surface area contributed by atoms with Crippen molar-refractivity contribution in [3.63, 3.8) is 0 Å². The Morgan fingerprint density at radius 3 is 2.55 bits per heavy atom. The van der Waals surface area contributed by atoms with Crippen molar-refractivity contribution in [3.05, 3.63) is 29.8 Å². The van der Waals surface area contributed by atoms with Gasteiger partial charge in [-0.15, -0.1) is 0 Å². The third kappa shape index (κ3) is 4.59. The molecule has 1 aromatic rings. The van der Waals surface area contributed by atoms with Gasteiger partial charge in [0.25, 0.3) is 0 Å². The molecular weight excluding hydrogens is 280 g/mol. The van der Waals surface area contributed by atoms with Gasteiger partial charge in [0.1, 0.15) is 0 Å². The standard InChI is InChI=1S/C13H20N2O4S/c1-15(2)10-6-9-14-20(17,18)12-8-5-4-7-11(12)13(16)19-3/h4-5,7-8,14H,6,9-10H2,1-3H3. The lowest BCUT2D eigenvalue weighted by Crippen LogP contribution is -2.28. The van der Waals surface area contributed by atoms with Crippen LogP contribution in [-0.2, 0) is 14.8 Å². The smallest absolute Gasteiger partial charge is 0.339 e. The molecule has 0 aliphatic rings. The van der Waals surface area contributed by atoms with Crippen LogP contribution in [-0.4, -0.2) is 53.6 Å². The minimum Gasteiger partial charge on any atom is -0.465 e. The lowest BCUT2D eigenvalue weighted by molar-refractivity contribution is 0.0596. The minimum absolute atomic E-state index is 0.0371. The molecule has 0 amide bonds. The average Bonchev–Trinajstić information content (AvgIpc) is 2.42. The van der Waals surface area contributed by atoms with Crippen molar-refractivity contribution in [3.8, 4) is 0 Å². The molecule has 0 saturated heterocycles. The van der Waals surface area contributed by atoms with Gasteiger partial charge in [-0.05, 0) is 39.2 Å². The zero-order chi connectivity index (χ0) is 15.2. The average molecular weight is 300 g/mol. The predicted molar refractivity (Wildman–Crippen MR) is 76.1 cm³/mol. The summed E-state index contributed by atoms with van der Waals surface area (Å²) in [6.07, 6.45) is 0.687. The quantitative estimate of drug-likeness (QED) is 0.593. The summed E-state index contributed by atoms with van der Waals surface area (Å²) in [6, 6.07) is 5.99. The van der Waals surface area contributed by atoms with Gasteiger partial charge in [-0.25, -0.2) is 17.9 Å². The van der Waals surface area contributed by atoms with E-state index in [4.69, 9.17) is 0 Å². The van der Waals surface area contributed by atoms with Crippen molar-refractivity contribution < 1.29 is 17.9 Å². The molecule has 0 fully saturated rings. The summed E-state index contributed by atoms with van der Waals surface area (Å²) in [4.78, 5) is 13.5. The number of esters is 1. The first kappa shape index (κ1) is 16.6. The maximum atomic E-state index is 12.2. The SMILES string of the molecule is COC(=O)c1ccccc1S(=O)(=O)NCCCN(C)C. The first-order valence-corrected chi connectivity index (χ1v) is 7.68. The van der Waals surface area contributed by atoms with Crippen molar-refractivity contribution >= 4 is 16.0 Å². The molecule has 0 aliphatic carbocycles. The zero-order valence-corrected chi connectivity index (χ0v) is 12.7. The van der Waals surface area contributed by atoms with Crippen LogP contribution in [0.2, 0.25) is 0 Å². The molecule has 7 heteroatoms. The van der Waals surface area contributed by atoms with Crippen LogP contribution in [0.5, 0.6) is 0 Å². The van der Waals surface area contributed by atoms with Crippen LogP contribution in [0.3, 0.4) is 0 Å². The number of nitrogens with one attached hydrogen (secondary N) is 1. The van der Waals surface area contributed by atoms with Crippen LogP contribution in [0.1, 0.15) is 16.8 Å². The molecule has 112 valence electrons. The highest BCUT2D eigenvalue weighted by molar-refractivity contribution is 7.89. The van der Waals surface area contributed by atoms with Crippen LogP contribution in [0, 0.1) is 0 Å². The summed E-state index contributed by atoms with van der Waals surface area (Å²) in [6.45, 7) is 1.09. The van der Waals surface area contributed by atoms with Gasteiger partial charge in [-0.1, -0.05) is 12.1 Å². The van der Waals surface area contributed by atoms with Gasteiger partial charge >= 0.3 is 5.97 Å². The monoisotopic (exact) mass is 300 g/mol. The molecule has 0 radical (unpaired) electrons. The van der Waals surface area contributed by atoms with Crippen molar-refractivity contribution in [2.45, 2.75) is 11.3 Å². The number of rotatable bonds is 7. The van der Waals surface area contributed by atoms with Gasteiger partial charge in [0, 0.05) is 6.54 Å². The molecule has 0 unspecified atom stereocenters. The molecule has 0 aliphatic heterocycles. The number of hydrogen-bond donors (Lipinski definition) is 1. The fourth-order valence-corrected chi connectivity index (χ4v) is 2.93. The number of carbonyl (C=O) groups excluding carboxylic acids is 1. The van der Waals surface area contributed by atoms with E-state index in [-0.39, 0.29) is 10.5 Å². The lowest BCUT2D eigenvalue weighted by Gasteiger charge is -2.12. The van der Waals surface area contributed by atoms with Gasteiger partial charge in [-0.2, -0.15) is 0 Å². The summed E-state index contributed by atoms with van der Waals surface area (Å²) in [5.41, 5.74) is 0.0371. The number of carbonyl (C=O) groups is 1. The highest BCUT2D eigenvalue weighted by atomic mass is 32.2. The summed E-state index contributed by atoms with van der Waals surface area (Å²) in [7, 11) is 1.34. The van der Waals surface area contributed by atoms with Gasteiger partial charge in [0.05, 0.1) is 17.6 Å². The highest BCUT2D eigenvalue weighted by Gasteiger charge is 2.21. The molecule has 0 spiro atoms. The third-order valence-electron chi connectivity index (χ3n) is 2.66. The molecule has 1 rings (SSSR count). The van der Waals surface area contributed by atoms with Crippen LogP contribution in [0.15, 0.2) is 29.2 Å². The number of nitrogens with zero attached hydrogens (tertiary/aromatic N) is 1. The van der Waals surface area contributed by atoms with Crippen LogP contribution < -0.4 is 4.72 Å². The predicted octanol–water partition coefficient (Wildman–Crippen LogP) is 0.703. The lowest BCUT2D eigenvalue weighted by atomic mass is 10.2. The molecule has 6 nitrogen and oxygen atoms in total. The Bertz CT molecular complexity index is 555. The molecule has 1 N–H and O–H groups in total. The van der Waals surface area contributed by atoms with Gasteiger partial charge in [0.2, 0.25) is 10.0 Å². The van der Waals surface area contributed by atoms with Crippen molar-refractivity contribution in [2.24, 2.45) is 0 Å². The van der Waals surface area contributed by atoms with Gasteiger partial charge in [0.15, 0.2) is 0 Å². The van der Waals surface area contributed by atoms with Crippen molar-refractivity contribution in [1.82, 2.24) is 9.62 Å². The fourth-order valence-electron chi connectivity index (χ4n) is 1.66. The van der Waals surface area contributed by atoms with Crippen LogP contribution in [0.25, 0.3) is 0 Å². The Balaban J connectivity index is 2.85. The molecule has 0 bridgehead atoms. The molecule has 0 heterocycles. The molecular formula is C13H20N2O4S. The maximum absolute atomic E-state index is 12.2. The Morgan fingerprint density at radius 1 is 1.30 bits per heavy atom. The Kier molecular flexibility index (Phi) is 6.12. The number of ether oxygens (including phenoxy) is 1. The molecule has 0 aromatic heterocycles. The van der Waals surface area contributed by atoms with E-state index in [0.717, 1.165) is 6.54 Å². The van der Waals surface area contributed by atoms with E-state index >= 15 is 0 Å². The Morgan fingerprint density at radius 2 is 1.95 bits per heavy atom. The third-order valence-corrected chi connectivity index (χ3v) is 4.18. The Labute approximate surface area is 119 Å². The van der Waals surface area contributed by atoms with Crippen molar-refractivity contribution in [2.75, 3.05) is 34.3 Å². The molecule has 1 aromatic carbocycles. The van der Waals surface area contributed by atoms with Gasteiger partial charge < -0.3 is 9.64 Å². The largest absolute Gasteiger partial charge is 0.465 e. The summed E-state index contributed by atoms with van der Waals surface area (Å²) in [5.74, 6) is -0.667. The number of hydrogen-bond acceptors (Lipinski definition) is 5. The minimum atomic E-state index is -3.71. The fraction of sp³-hybridized carbons (Fsp3) is 0.462. The normalized spacial score (nSPS) is 11.6. The topological polar surface area (TPSA) is 75.7 Å². The molecule has 20 heavy (non-hydrogen) atoms. The maximum Gasteiger partial charge on any atom is 0.339 e. The number of sulfonamides is 1. The Hall–Kier alpha value is -1.44. The summed E-state index contributed by atoms with van der Waals surface area (Å²) >= 11 is 0. The summed E-state index contributed by atoms with van der Waals surface area (Å²) in [5, 5.41) is 0. The number of methoxy groups -OCH3 is 1. The van der Waals surface area contributed by atoms with Crippen LogP contribution in [0.4, 0.5) is 0 Å². The van der Waals surface area contributed by atoms with Gasteiger partial charge in [-0.3, -0.25) is 0 Å². The van der Waals surface area contributed by atoms with E-state index in [2.05, 4.69) is 9.46 Å². The van der Waals surface area contributed by atoms with E-state index in [1.54, 1.807) is 12.1 Å². The van der Waals surface area contributed by atoms with E-state index in [1.807, 2.05) is 19.0 Å². The summed E-state index contributed by atoms with van der Waals surface area (Å²) < 4.78 is 31.5. The van der Waals surface area contributed by atoms with Crippen molar-refractivity contribution in [1.29, 1.82) is 0 Å². The van der Waals surface area contributed by atoms with E-state index < -0.39 is 16.0 Å². The highest BCUT2D eigenvalue weighted by Crippen LogP contribution is 2.16. The molecule has 0 saturated carbocycles.